The molecule has 0 spiro atoms. The van der Waals surface area contributed by atoms with E-state index >= 15 is 0 Å². The number of benzene rings is 1. The minimum absolute atomic E-state index is 0.247. The van der Waals surface area contributed by atoms with Gasteiger partial charge in [0.05, 0.1) is 18.0 Å². The first-order valence-electron chi connectivity index (χ1n) is 7.59. The molecule has 2 heterocycles. The topological polar surface area (TPSA) is 63.2 Å². The molecule has 0 aliphatic carbocycles. The molecule has 1 aromatic carbocycles. The van der Waals surface area contributed by atoms with Crippen molar-refractivity contribution in [3.8, 4) is 0 Å². The van der Waals surface area contributed by atoms with Crippen molar-refractivity contribution >= 4 is 17.3 Å². The first kappa shape index (κ1) is 15.4. The molecule has 3 rings (SSSR count). The normalized spacial score (nSPS) is 17.0. The summed E-state index contributed by atoms with van der Waals surface area (Å²) in [4.78, 5) is 16.2. The van der Waals surface area contributed by atoms with Crippen molar-refractivity contribution in [3.63, 3.8) is 0 Å². The second kappa shape index (κ2) is 7.19. The maximum Gasteiger partial charge on any atom is 0.274 e. The highest BCUT2D eigenvalue weighted by Crippen LogP contribution is 2.14. The minimum atomic E-state index is -0.345. The Balaban J connectivity index is 1.55. The van der Waals surface area contributed by atoms with E-state index in [9.17, 15) is 9.18 Å². The predicted molar refractivity (Wildman–Crippen MR) is 86.1 cm³/mol. The summed E-state index contributed by atoms with van der Waals surface area (Å²) < 4.78 is 18.4. The SMILES string of the molecule is O=C(Nc1ccc(F)cc1)c1ccc(NCC2CCCO2)cn1. The Kier molecular flexibility index (Phi) is 4.83. The van der Waals surface area contributed by atoms with E-state index in [0.717, 1.165) is 31.7 Å². The fourth-order valence-corrected chi connectivity index (χ4v) is 2.40. The van der Waals surface area contributed by atoms with Crippen LogP contribution >= 0.6 is 0 Å². The average Bonchev–Trinajstić information content (AvgIpc) is 3.09. The number of hydrogen-bond acceptors (Lipinski definition) is 4. The van der Waals surface area contributed by atoms with E-state index in [-0.39, 0.29) is 17.8 Å². The zero-order chi connectivity index (χ0) is 16.1. The van der Waals surface area contributed by atoms with Crippen molar-refractivity contribution in [3.05, 3.63) is 54.1 Å². The molecular weight excluding hydrogens is 297 g/mol. The average molecular weight is 315 g/mol. The summed E-state index contributed by atoms with van der Waals surface area (Å²) in [5.74, 6) is -0.676. The van der Waals surface area contributed by atoms with Crippen LogP contribution in [0.1, 0.15) is 23.3 Å². The zero-order valence-corrected chi connectivity index (χ0v) is 12.6. The number of halogens is 1. The van der Waals surface area contributed by atoms with Gasteiger partial charge in [-0.05, 0) is 49.2 Å². The van der Waals surface area contributed by atoms with Crippen LogP contribution in [0.2, 0.25) is 0 Å². The molecule has 1 aliphatic heterocycles. The molecule has 1 fully saturated rings. The van der Waals surface area contributed by atoms with Gasteiger partial charge < -0.3 is 15.4 Å². The molecular formula is C17H18FN3O2. The summed E-state index contributed by atoms with van der Waals surface area (Å²) in [6.07, 6.45) is 4.04. The van der Waals surface area contributed by atoms with Gasteiger partial charge in [-0.15, -0.1) is 0 Å². The summed E-state index contributed by atoms with van der Waals surface area (Å²) in [7, 11) is 0. The molecule has 1 atom stereocenters. The highest BCUT2D eigenvalue weighted by Gasteiger charge is 2.15. The molecule has 1 amide bonds. The molecule has 23 heavy (non-hydrogen) atoms. The van der Waals surface area contributed by atoms with E-state index in [2.05, 4.69) is 15.6 Å². The van der Waals surface area contributed by atoms with E-state index in [1.54, 1.807) is 12.3 Å². The maximum atomic E-state index is 12.8. The van der Waals surface area contributed by atoms with Gasteiger partial charge in [-0.2, -0.15) is 0 Å². The smallest absolute Gasteiger partial charge is 0.274 e. The second-order valence-electron chi connectivity index (χ2n) is 5.41. The monoisotopic (exact) mass is 315 g/mol. The zero-order valence-electron chi connectivity index (χ0n) is 12.6. The van der Waals surface area contributed by atoms with Gasteiger partial charge >= 0.3 is 0 Å². The number of carbonyl (C=O) groups excluding carboxylic acids is 1. The number of nitrogens with zero attached hydrogens (tertiary/aromatic N) is 1. The molecule has 120 valence electrons. The Hall–Kier alpha value is -2.47. The lowest BCUT2D eigenvalue weighted by Crippen LogP contribution is -2.19. The number of pyridine rings is 1. The second-order valence-corrected chi connectivity index (χ2v) is 5.41. The number of anilines is 2. The Bertz CT molecular complexity index is 653. The number of ether oxygens (including phenoxy) is 1. The molecule has 5 nitrogen and oxygen atoms in total. The summed E-state index contributed by atoms with van der Waals surface area (Å²) >= 11 is 0. The molecule has 1 aromatic heterocycles. The standard InChI is InChI=1S/C17H18FN3O2/c18-12-3-5-13(6-4-12)21-17(22)16-8-7-14(10-20-16)19-11-15-2-1-9-23-15/h3-8,10,15,19H,1-2,9,11H2,(H,21,22). The molecule has 1 unspecified atom stereocenters. The number of nitrogens with one attached hydrogen (secondary N) is 2. The molecule has 0 bridgehead atoms. The first-order valence-corrected chi connectivity index (χ1v) is 7.59. The number of rotatable bonds is 5. The van der Waals surface area contributed by atoms with Gasteiger partial charge in [0.2, 0.25) is 0 Å². The fraction of sp³-hybridized carbons (Fsp3) is 0.294. The highest BCUT2D eigenvalue weighted by molar-refractivity contribution is 6.02. The van der Waals surface area contributed by atoms with Crippen LogP contribution in [-0.2, 0) is 4.74 Å². The van der Waals surface area contributed by atoms with E-state index in [0.29, 0.717) is 11.4 Å². The van der Waals surface area contributed by atoms with Crippen molar-refractivity contribution in [1.29, 1.82) is 0 Å². The van der Waals surface area contributed by atoms with Crippen molar-refractivity contribution in [2.24, 2.45) is 0 Å². The van der Waals surface area contributed by atoms with Gasteiger partial charge in [0.1, 0.15) is 11.5 Å². The largest absolute Gasteiger partial charge is 0.381 e. The number of carbonyl (C=O) groups is 1. The van der Waals surface area contributed by atoms with Crippen LogP contribution in [-0.4, -0.2) is 30.1 Å². The predicted octanol–water partition coefficient (Wildman–Crippen LogP) is 3.06. The van der Waals surface area contributed by atoms with Crippen LogP contribution in [0.25, 0.3) is 0 Å². The molecule has 6 heteroatoms. The van der Waals surface area contributed by atoms with Crippen LogP contribution in [0, 0.1) is 5.82 Å². The fourth-order valence-electron chi connectivity index (χ4n) is 2.40. The van der Waals surface area contributed by atoms with Gasteiger partial charge in [-0.3, -0.25) is 4.79 Å². The van der Waals surface area contributed by atoms with Crippen molar-refractivity contribution in [2.75, 3.05) is 23.8 Å². The molecule has 2 N–H and O–H groups in total. The van der Waals surface area contributed by atoms with Gasteiger partial charge in [0.15, 0.2) is 0 Å². The molecule has 0 saturated carbocycles. The first-order chi connectivity index (χ1) is 11.2. The van der Waals surface area contributed by atoms with Crippen molar-refractivity contribution in [1.82, 2.24) is 4.98 Å². The summed E-state index contributed by atoms with van der Waals surface area (Å²) in [6.45, 7) is 1.57. The van der Waals surface area contributed by atoms with Gasteiger partial charge in [-0.1, -0.05) is 0 Å². The van der Waals surface area contributed by atoms with E-state index < -0.39 is 0 Å². The molecule has 0 radical (unpaired) electrons. The van der Waals surface area contributed by atoms with Gasteiger partial charge in [0, 0.05) is 18.8 Å². The van der Waals surface area contributed by atoms with E-state index in [1.165, 1.54) is 24.3 Å². The number of aromatic nitrogens is 1. The minimum Gasteiger partial charge on any atom is -0.381 e. The lowest BCUT2D eigenvalue weighted by atomic mass is 10.2. The van der Waals surface area contributed by atoms with Crippen LogP contribution in [0.3, 0.4) is 0 Å². The van der Waals surface area contributed by atoms with E-state index in [4.69, 9.17) is 4.74 Å². The highest BCUT2D eigenvalue weighted by atomic mass is 19.1. The van der Waals surface area contributed by atoms with Crippen LogP contribution in [0.4, 0.5) is 15.8 Å². The van der Waals surface area contributed by atoms with Crippen LogP contribution < -0.4 is 10.6 Å². The Morgan fingerprint density at radius 2 is 2.00 bits per heavy atom. The third-order valence-corrected chi connectivity index (χ3v) is 3.66. The van der Waals surface area contributed by atoms with Gasteiger partial charge in [0.25, 0.3) is 5.91 Å². The molecule has 1 saturated heterocycles. The molecule has 1 aliphatic rings. The lowest BCUT2D eigenvalue weighted by Gasteiger charge is -2.11. The lowest BCUT2D eigenvalue weighted by molar-refractivity contribution is 0.102. The third kappa shape index (κ3) is 4.26. The Morgan fingerprint density at radius 3 is 2.65 bits per heavy atom. The van der Waals surface area contributed by atoms with Gasteiger partial charge in [-0.25, -0.2) is 9.37 Å². The van der Waals surface area contributed by atoms with Crippen molar-refractivity contribution in [2.45, 2.75) is 18.9 Å². The van der Waals surface area contributed by atoms with Crippen LogP contribution in [0.15, 0.2) is 42.6 Å². The van der Waals surface area contributed by atoms with Crippen LogP contribution in [0.5, 0.6) is 0 Å². The Morgan fingerprint density at radius 1 is 1.22 bits per heavy atom. The molecule has 2 aromatic rings. The summed E-state index contributed by atoms with van der Waals surface area (Å²) in [5.41, 5.74) is 1.68. The number of amides is 1. The van der Waals surface area contributed by atoms with Crippen molar-refractivity contribution < 1.29 is 13.9 Å². The third-order valence-electron chi connectivity index (χ3n) is 3.66. The number of hydrogen-bond donors (Lipinski definition) is 2. The Labute approximate surface area is 133 Å². The quantitative estimate of drug-likeness (QED) is 0.890. The summed E-state index contributed by atoms with van der Waals surface area (Å²) in [6, 6.07) is 9.05. The van der Waals surface area contributed by atoms with E-state index in [1.807, 2.05) is 6.07 Å². The summed E-state index contributed by atoms with van der Waals surface area (Å²) in [5, 5.41) is 5.92. The maximum absolute atomic E-state index is 12.8.